The predicted octanol–water partition coefficient (Wildman–Crippen LogP) is 2.57. The van der Waals surface area contributed by atoms with Gasteiger partial charge in [0.1, 0.15) is 5.76 Å². The molecule has 4 nitrogen and oxygen atoms in total. The lowest BCUT2D eigenvalue weighted by Crippen LogP contribution is -2.37. The van der Waals surface area contributed by atoms with Crippen LogP contribution >= 0.6 is 12.4 Å². The molecule has 1 aromatic rings. The van der Waals surface area contributed by atoms with Crippen molar-refractivity contribution in [3.63, 3.8) is 0 Å². The van der Waals surface area contributed by atoms with Crippen molar-refractivity contribution in [3.05, 3.63) is 24.2 Å². The second-order valence-corrected chi connectivity index (χ2v) is 5.24. The van der Waals surface area contributed by atoms with Gasteiger partial charge in [-0.3, -0.25) is 4.79 Å². The number of halogens is 1. The molecule has 0 spiro atoms. The van der Waals surface area contributed by atoms with Gasteiger partial charge in [0.15, 0.2) is 0 Å². The highest BCUT2D eigenvalue weighted by Gasteiger charge is 2.25. The number of hydrogen-bond acceptors (Lipinski definition) is 3. The number of rotatable bonds is 4. The van der Waals surface area contributed by atoms with E-state index in [-0.39, 0.29) is 24.4 Å². The zero-order valence-electron chi connectivity index (χ0n) is 11.4. The molecule has 1 saturated carbocycles. The Morgan fingerprint density at radius 3 is 2.84 bits per heavy atom. The van der Waals surface area contributed by atoms with Gasteiger partial charge in [-0.25, -0.2) is 0 Å². The monoisotopic (exact) mass is 286 g/mol. The van der Waals surface area contributed by atoms with Gasteiger partial charge < -0.3 is 15.1 Å². The Kier molecular flexibility index (Phi) is 6.38. The molecule has 1 fully saturated rings. The predicted molar refractivity (Wildman–Crippen MR) is 77.0 cm³/mol. The minimum Gasteiger partial charge on any atom is -0.467 e. The van der Waals surface area contributed by atoms with Crippen LogP contribution in [-0.4, -0.2) is 23.9 Å². The van der Waals surface area contributed by atoms with Gasteiger partial charge in [-0.15, -0.1) is 12.4 Å². The van der Waals surface area contributed by atoms with E-state index in [9.17, 15) is 4.79 Å². The maximum absolute atomic E-state index is 12.1. The molecule has 2 N–H and O–H groups in total. The molecule has 2 rings (SSSR count). The molecule has 108 valence electrons. The molecule has 1 aliphatic rings. The zero-order valence-corrected chi connectivity index (χ0v) is 12.2. The van der Waals surface area contributed by atoms with Crippen molar-refractivity contribution >= 4 is 18.3 Å². The lowest BCUT2D eigenvalue weighted by Gasteiger charge is -2.29. The summed E-state index contributed by atoms with van der Waals surface area (Å²) in [4.78, 5) is 13.8. The van der Waals surface area contributed by atoms with E-state index in [0.717, 1.165) is 18.6 Å². The van der Waals surface area contributed by atoms with E-state index in [4.69, 9.17) is 10.2 Å². The quantitative estimate of drug-likeness (QED) is 0.925. The molecule has 1 aliphatic carbocycles. The van der Waals surface area contributed by atoms with Crippen molar-refractivity contribution < 1.29 is 9.21 Å². The fourth-order valence-electron chi connectivity index (χ4n) is 2.59. The second kappa shape index (κ2) is 7.56. The first kappa shape index (κ1) is 16.1. The largest absolute Gasteiger partial charge is 0.467 e. The van der Waals surface area contributed by atoms with Crippen LogP contribution < -0.4 is 5.73 Å². The van der Waals surface area contributed by atoms with Crippen LogP contribution in [0, 0.1) is 5.92 Å². The number of amides is 1. The van der Waals surface area contributed by atoms with Crippen molar-refractivity contribution in [2.45, 2.75) is 44.7 Å². The second-order valence-electron chi connectivity index (χ2n) is 5.24. The molecular formula is C14H23ClN2O2. The summed E-state index contributed by atoms with van der Waals surface area (Å²) in [5, 5.41) is 0. The lowest BCUT2D eigenvalue weighted by atomic mass is 9.83. The standard InChI is InChI=1S/C14H22N2O2.ClH/c1-16(10-12-6-4-8-18-12)14(17)9-11-5-2-3-7-13(11)15;/h4,6,8,11,13H,2-3,5,7,9-10,15H2,1H3;1H. The molecular weight excluding hydrogens is 264 g/mol. The molecule has 0 aromatic carbocycles. The van der Waals surface area contributed by atoms with E-state index in [1.165, 1.54) is 12.8 Å². The first-order chi connectivity index (χ1) is 8.66. The summed E-state index contributed by atoms with van der Waals surface area (Å²) in [6, 6.07) is 3.92. The van der Waals surface area contributed by atoms with Crippen molar-refractivity contribution in [1.29, 1.82) is 0 Å². The van der Waals surface area contributed by atoms with E-state index in [1.807, 2.05) is 19.2 Å². The van der Waals surface area contributed by atoms with Gasteiger partial charge in [-0.05, 0) is 30.9 Å². The molecule has 19 heavy (non-hydrogen) atoms. The van der Waals surface area contributed by atoms with Crippen LogP contribution in [0.25, 0.3) is 0 Å². The molecule has 5 heteroatoms. The highest BCUT2D eigenvalue weighted by molar-refractivity contribution is 5.85. The van der Waals surface area contributed by atoms with Crippen LogP contribution in [-0.2, 0) is 11.3 Å². The average Bonchev–Trinajstić information content (AvgIpc) is 2.84. The topological polar surface area (TPSA) is 59.5 Å². The Balaban J connectivity index is 0.00000180. The van der Waals surface area contributed by atoms with Gasteiger partial charge in [0, 0.05) is 19.5 Å². The Morgan fingerprint density at radius 2 is 2.21 bits per heavy atom. The molecule has 0 aliphatic heterocycles. The lowest BCUT2D eigenvalue weighted by molar-refractivity contribution is -0.132. The summed E-state index contributed by atoms with van der Waals surface area (Å²) in [7, 11) is 1.82. The van der Waals surface area contributed by atoms with Crippen LogP contribution in [0.1, 0.15) is 37.9 Å². The van der Waals surface area contributed by atoms with Crippen molar-refractivity contribution in [2.24, 2.45) is 11.7 Å². The van der Waals surface area contributed by atoms with Crippen molar-refractivity contribution in [2.75, 3.05) is 7.05 Å². The smallest absolute Gasteiger partial charge is 0.223 e. The zero-order chi connectivity index (χ0) is 13.0. The van der Waals surface area contributed by atoms with Crippen LogP contribution in [0.5, 0.6) is 0 Å². The summed E-state index contributed by atoms with van der Waals surface area (Å²) in [5.41, 5.74) is 6.07. The number of hydrogen-bond donors (Lipinski definition) is 1. The number of nitrogens with zero attached hydrogens (tertiary/aromatic N) is 1. The van der Waals surface area contributed by atoms with Crippen LogP contribution in [0.15, 0.2) is 22.8 Å². The van der Waals surface area contributed by atoms with Crippen LogP contribution in [0.3, 0.4) is 0 Å². The molecule has 1 amide bonds. The van der Waals surface area contributed by atoms with E-state index < -0.39 is 0 Å². The van der Waals surface area contributed by atoms with Crippen molar-refractivity contribution in [1.82, 2.24) is 4.90 Å². The molecule has 1 heterocycles. The maximum atomic E-state index is 12.1. The summed E-state index contributed by atoms with van der Waals surface area (Å²) in [5.74, 6) is 1.33. The molecule has 2 unspecified atom stereocenters. The maximum Gasteiger partial charge on any atom is 0.223 e. The Hall–Kier alpha value is -1.00. The van der Waals surface area contributed by atoms with Gasteiger partial charge >= 0.3 is 0 Å². The Bertz CT molecular complexity index is 381. The molecule has 2 atom stereocenters. The minimum absolute atomic E-state index is 0. The number of furan rings is 1. The van der Waals surface area contributed by atoms with Gasteiger partial charge in [0.2, 0.25) is 5.91 Å². The molecule has 0 saturated heterocycles. The van der Waals surface area contributed by atoms with Gasteiger partial charge in [0.05, 0.1) is 12.8 Å². The third-order valence-electron chi connectivity index (χ3n) is 3.80. The fraction of sp³-hybridized carbons (Fsp3) is 0.643. The van der Waals surface area contributed by atoms with Gasteiger partial charge in [-0.2, -0.15) is 0 Å². The normalized spacial score (nSPS) is 22.6. The van der Waals surface area contributed by atoms with E-state index in [2.05, 4.69) is 0 Å². The van der Waals surface area contributed by atoms with Gasteiger partial charge in [0.25, 0.3) is 0 Å². The van der Waals surface area contributed by atoms with E-state index in [0.29, 0.717) is 18.9 Å². The van der Waals surface area contributed by atoms with Crippen LogP contribution in [0.2, 0.25) is 0 Å². The first-order valence-corrected chi connectivity index (χ1v) is 6.68. The third-order valence-corrected chi connectivity index (χ3v) is 3.80. The third kappa shape index (κ3) is 4.55. The number of carbonyl (C=O) groups excluding carboxylic acids is 1. The summed E-state index contributed by atoms with van der Waals surface area (Å²) in [6.07, 6.45) is 6.74. The van der Waals surface area contributed by atoms with Crippen LogP contribution in [0.4, 0.5) is 0 Å². The Labute approximate surface area is 120 Å². The molecule has 0 radical (unpaired) electrons. The summed E-state index contributed by atoms with van der Waals surface area (Å²) < 4.78 is 5.25. The van der Waals surface area contributed by atoms with Crippen molar-refractivity contribution in [3.8, 4) is 0 Å². The fourth-order valence-corrected chi connectivity index (χ4v) is 2.59. The first-order valence-electron chi connectivity index (χ1n) is 6.68. The highest BCUT2D eigenvalue weighted by atomic mass is 35.5. The number of carbonyl (C=O) groups is 1. The van der Waals surface area contributed by atoms with E-state index >= 15 is 0 Å². The minimum atomic E-state index is 0. The molecule has 0 bridgehead atoms. The highest BCUT2D eigenvalue weighted by Crippen LogP contribution is 2.26. The average molecular weight is 287 g/mol. The molecule has 1 aromatic heterocycles. The van der Waals surface area contributed by atoms with Gasteiger partial charge in [-0.1, -0.05) is 12.8 Å². The Morgan fingerprint density at radius 1 is 1.47 bits per heavy atom. The summed E-state index contributed by atoms with van der Waals surface area (Å²) >= 11 is 0. The number of nitrogens with two attached hydrogens (primary N) is 1. The SMILES string of the molecule is CN(Cc1ccco1)C(=O)CC1CCCCC1N.Cl. The summed E-state index contributed by atoms with van der Waals surface area (Å²) in [6.45, 7) is 0.536. The van der Waals surface area contributed by atoms with E-state index in [1.54, 1.807) is 11.2 Å².